The number of rotatable bonds is 1. The lowest BCUT2D eigenvalue weighted by atomic mass is 10.0. The summed E-state index contributed by atoms with van der Waals surface area (Å²) < 4.78 is 2.36. The van der Waals surface area contributed by atoms with Crippen molar-refractivity contribution < 1.29 is 0 Å². The van der Waals surface area contributed by atoms with E-state index in [9.17, 15) is 0 Å². The first-order valence-electron chi connectivity index (χ1n) is 7.42. The van der Waals surface area contributed by atoms with Crippen molar-refractivity contribution in [2.75, 3.05) is 0 Å². The molecular weight excluding hydrogens is 232 g/mol. The maximum absolute atomic E-state index is 4.30. The molecule has 1 aromatic carbocycles. The zero-order valence-electron chi connectivity index (χ0n) is 12.3. The van der Waals surface area contributed by atoms with Crippen molar-refractivity contribution in [1.29, 1.82) is 0 Å². The van der Waals surface area contributed by atoms with Gasteiger partial charge in [-0.25, -0.2) is 4.98 Å². The standard InChI is InChI=1S/C15H18N2.C2H6/c1-12-6-8-13(9-7-12)15-5-3-2-4-14-10-16-11-17(14)15;1-2/h6-11,15H,2-5H2,1H3;1-2H3. The number of hydrogen-bond acceptors (Lipinski definition) is 1. The van der Waals surface area contributed by atoms with E-state index in [4.69, 9.17) is 0 Å². The highest BCUT2D eigenvalue weighted by Gasteiger charge is 2.19. The van der Waals surface area contributed by atoms with Gasteiger partial charge >= 0.3 is 0 Å². The fourth-order valence-corrected chi connectivity index (χ4v) is 2.71. The van der Waals surface area contributed by atoms with Crippen LogP contribution in [0.3, 0.4) is 0 Å². The minimum Gasteiger partial charge on any atom is -0.327 e. The van der Waals surface area contributed by atoms with Crippen LogP contribution < -0.4 is 0 Å². The van der Waals surface area contributed by atoms with Gasteiger partial charge in [0.25, 0.3) is 0 Å². The molecule has 1 aromatic heterocycles. The molecule has 2 aromatic rings. The summed E-state index contributed by atoms with van der Waals surface area (Å²) >= 11 is 0. The maximum atomic E-state index is 4.30. The minimum atomic E-state index is 0.482. The molecule has 3 rings (SSSR count). The molecule has 1 unspecified atom stereocenters. The summed E-state index contributed by atoms with van der Waals surface area (Å²) in [6.45, 7) is 6.14. The predicted molar refractivity (Wildman–Crippen MR) is 80.4 cm³/mol. The number of fused-ring (bicyclic) bond motifs is 1. The number of aryl methyl sites for hydroxylation is 2. The van der Waals surface area contributed by atoms with Gasteiger partial charge in [0.2, 0.25) is 0 Å². The maximum Gasteiger partial charge on any atom is 0.0953 e. The summed E-state index contributed by atoms with van der Waals surface area (Å²) in [6.07, 6.45) is 9.00. The van der Waals surface area contributed by atoms with E-state index in [-0.39, 0.29) is 0 Å². The molecule has 0 spiro atoms. The fourth-order valence-electron chi connectivity index (χ4n) is 2.71. The molecule has 19 heavy (non-hydrogen) atoms. The Balaban J connectivity index is 0.000000637. The number of imidazole rings is 1. The molecule has 2 heteroatoms. The molecule has 0 amide bonds. The number of nitrogens with zero attached hydrogens (tertiary/aromatic N) is 2. The molecular formula is C17H24N2. The molecule has 102 valence electrons. The Morgan fingerprint density at radius 3 is 2.58 bits per heavy atom. The third-order valence-corrected chi connectivity index (χ3v) is 3.70. The van der Waals surface area contributed by atoms with Crippen molar-refractivity contribution in [1.82, 2.24) is 9.55 Å². The second kappa shape index (κ2) is 6.55. The van der Waals surface area contributed by atoms with E-state index in [2.05, 4.69) is 40.7 Å². The van der Waals surface area contributed by atoms with E-state index in [0.717, 1.165) is 0 Å². The van der Waals surface area contributed by atoms with Crippen LogP contribution in [0.4, 0.5) is 0 Å². The van der Waals surface area contributed by atoms with Gasteiger partial charge in [-0.1, -0.05) is 50.1 Å². The van der Waals surface area contributed by atoms with E-state index in [0.29, 0.717) is 6.04 Å². The van der Waals surface area contributed by atoms with Gasteiger partial charge < -0.3 is 4.57 Å². The van der Waals surface area contributed by atoms with E-state index in [1.165, 1.54) is 42.5 Å². The van der Waals surface area contributed by atoms with Crippen LogP contribution in [0.2, 0.25) is 0 Å². The average Bonchev–Trinajstić information content (AvgIpc) is 2.82. The number of hydrogen-bond donors (Lipinski definition) is 0. The van der Waals surface area contributed by atoms with Crippen LogP contribution in [-0.2, 0) is 6.42 Å². The Morgan fingerprint density at radius 1 is 1.11 bits per heavy atom. The molecule has 0 N–H and O–H groups in total. The van der Waals surface area contributed by atoms with E-state index in [1.807, 2.05) is 26.4 Å². The SMILES string of the molecule is CC.Cc1ccc(C2CCCCc3cncn32)cc1. The molecule has 0 radical (unpaired) electrons. The molecule has 1 atom stereocenters. The zero-order chi connectivity index (χ0) is 13.7. The normalized spacial score (nSPS) is 17.9. The third-order valence-electron chi connectivity index (χ3n) is 3.70. The van der Waals surface area contributed by atoms with E-state index in [1.54, 1.807) is 0 Å². The average molecular weight is 256 g/mol. The fraction of sp³-hybridized carbons (Fsp3) is 0.471. The van der Waals surface area contributed by atoms with Crippen molar-refractivity contribution in [3.8, 4) is 0 Å². The van der Waals surface area contributed by atoms with Gasteiger partial charge in [0.05, 0.1) is 12.4 Å². The minimum absolute atomic E-state index is 0.482. The zero-order valence-corrected chi connectivity index (χ0v) is 12.3. The first kappa shape index (κ1) is 13.9. The van der Waals surface area contributed by atoms with E-state index < -0.39 is 0 Å². The number of benzene rings is 1. The van der Waals surface area contributed by atoms with Crippen LogP contribution in [0.25, 0.3) is 0 Å². The van der Waals surface area contributed by atoms with Crippen molar-refractivity contribution in [2.24, 2.45) is 0 Å². The lowest BCUT2D eigenvalue weighted by Crippen LogP contribution is -2.10. The van der Waals surface area contributed by atoms with Gasteiger partial charge in [0, 0.05) is 11.9 Å². The summed E-state index contributed by atoms with van der Waals surface area (Å²) in [7, 11) is 0. The Hall–Kier alpha value is -1.57. The lowest BCUT2D eigenvalue weighted by Gasteiger charge is -2.19. The summed E-state index contributed by atoms with van der Waals surface area (Å²) in [4.78, 5) is 4.30. The van der Waals surface area contributed by atoms with Crippen LogP contribution in [0.1, 0.15) is 56.0 Å². The first-order chi connectivity index (χ1) is 9.34. The van der Waals surface area contributed by atoms with E-state index >= 15 is 0 Å². The molecule has 1 aliphatic rings. The summed E-state index contributed by atoms with van der Waals surface area (Å²) in [6, 6.07) is 9.41. The third kappa shape index (κ3) is 3.06. The molecule has 0 saturated heterocycles. The molecule has 0 aliphatic carbocycles. The van der Waals surface area contributed by atoms with Crippen LogP contribution in [0.15, 0.2) is 36.8 Å². The van der Waals surface area contributed by atoms with Gasteiger partial charge in [0.15, 0.2) is 0 Å². The molecule has 0 bridgehead atoms. The highest BCUT2D eigenvalue weighted by Crippen LogP contribution is 2.29. The van der Waals surface area contributed by atoms with Gasteiger partial charge in [-0.15, -0.1) is 0 Å². The quantitative estimate of drug-likeness (QED) is 0.732. The molecule has 0 saturated carbocycles. The second-order valence-corrected chi connectivity index (χ2v) is 4.96. The molecule has 0 fully saturated rings. The molecule has 2 heterocycles. The van der Waals surface area contributed by atoms with Crippen molar-refractivity contribution >= 4 is 0 Å². The summed E-state index contributed by atoms with van der Waals surface area (Å²) in [5.41, 5.74) is 4.12. The van der Waals surface area contributed by atoms with Crippen LogP contribution >= 0.6 is 0 Å². The van der Waals surface area contributed by atoms with Crippen molar-refractivity contribution in [2.45, 2.75) is 52.5 Å². The van der Waals surface area contributed by atoms with Crippen LogP contribution in [0.5, 0.6) is 0 Å². The predicted octanol–water partition coefficient (Wildman–Crippen LogP) is 4.53. The monoisotopic (exact) mass is 256 g/mol. The Labute approximate surface area is 116 Å². The molecule has 2 nitrogen and oxygen atoms in total. The van der Waals surface area contributed by atoms with Gasteiger partial charge in [-0.2, -0.15) is 0 Å². The Morgan fingerprint density at radius 2 is 1.84 bits per heavy atom. The highest BCUT2D eigenvalue weighted by atomic mass is 15.1. The Bertz CT molecular complexity index is 496. The van der Waals surface area contributed by atoms with Crippen LogP contribution in [-0.4, -0.2) is 9.55 Å². The van der Waals surface area contributed by atoms with Crippen molar-refractivity contribution in [3.63, 3.8) is 0 Å². The molecule has 1 aliphatic heterocycles. The summed E-state index contributed by atoms with van der Waals surface area (Å²) in [5.74, 6) is 0. The van der Waals surface area contributed by atoms with Crippen LogP contribution in [0, 0.1) is 6.92 Å². The van der Waals surface area contributed by atoms with Crippen molar-refractivity contribution in [3.05, 3.63) is 53.6 Å². The highest BCUT2D eigenvalue weighted by molar-refractivity contribution is 5.26. The summed E-state index contributed by atoms with van der Waals surface area (Å²) in [5, 5.41) is 0. The lowest BCUT2D eigenvalue weighted by molar-refractivity contribution is 0.535. The topological polar surface area (TPSA) is 17.8 Å². The van der Waals surface area contributed by atoms with Gasteiger partial charge in [0.1, 0.15) is 0 Å². The van der Waals surface area contributed by atoms with Gasteiger partial charge in [-0.05, 0) is 31.7 Å². The second-order valence-electron chi connectivity index (χ2n) is 4.96. The first-order valence-corrected chi connectivity index (χ1v) is 7.42. The largest absolute Gasteiger partial charge is 0.327 e. The van der Waals surface area contributed by atoms with Gasteiger partial charge in [-0.3, -0.25) is 0 Å². The smallest absolute Gasteiger partial charge is 0.0953 e. The Kier molecular flexibility index (Phi) is 4.78. The number of aromatic nitrogens is 2.